The largest absolute Gasteiger partial charge is 0.497 e. The van der Waals surface area contributed by atoms with Crippen molar-refractivity contribution >= 4 is 23.0 Å². The van der Waals surface area contributed by atoms with Gasteiger partial charge in [-0.3, -0.25) is 0 Å². The molecule has 0 bridgehead atoms. The summed E-state index contributed by atoms with van der Waals surface area (Å²) in [7, 11) is 1.66. The van der Waals surface area contributed by atoms with Gasteiger partial charge in [0.2, 0.25) is 0 Å². The van der Waals surface area contributed by atoms with Crippen molar-refractivity contribution < 1.29 is 14.4 Å². The van der Waals surface area contributed by atoms with Gasteiger partial charge in [-0.05, 0) is 36.5 Å². The number of methoxy groups -OCH3 is 1. The predicted octanol–water partition coefficient (Wildman–Crippen LogP) is 0.921. The summed E-state index contributed by atoms with van der Waals surface area (Å²) < 4.78 is 11.0. The molecule has 0 radical (unpaired) electrons. The van der Waals surface area contributed by atoms with Gasteiger partial charge in [-0.15, -0.1) is 0 Å². The van der Waals surface area contributed by atoms with E-state index in [2.05, 4.69) is 24.5 Å². The fourth-order valence-electron chi connectivity index (χ4n) is 2.80. The second-order valence-corrected chi connectivity index (χ2v) is 6.77. The predicted molar refractivity (Wildman–Crippen MR) is 97.4 cm³/mol. The minimum atomic E-state index is 0.216. The number of nitrogens with one attached hydrogen (secondary N) is 3. The highest BCUT2D eigenvalue weighted by Crippen LogP contribution is 2.14. The van der Waals surface area contributed by atoms with E-state index in [-0.39, 0.29) is 6.10 Å². The van der Waals surface area contributed by atoms with Gasteiger partial charge in [-0.1, -0.05) is 13.8 Å². The minimum absolute atomic E-state index is 0.216. The lowest BCUT2D eigenvalue weighted by Gasteiger charge is -2.31. The van der Waals surface area contributed by atoms with Gasteiger partial charge in [0.25, 0.3) is 0 Å². The summed E-state index contributed by atoms with van der Waals surface area (Å²) in [5, 5.41) is 7.05. The standard InChI is InChI=1S/C17H27N3O2S/c1-13(2)11-20-8-9-22-16(12-20)10-18-17(23)19-14-4-6-15(21-3)7-5-14/h4-7,13,16H,8-12H2,1-3H3,(H2,18,19,23)/p+1/t16-/m1/s1. The van der Waals surface area contributed by atoms with E-state index < -0.39 is 0 Å². The van der Waals surface area contributed by atoms with Crippen LogP contribution in [-0.2, 0) is 4.74 Å². The van der Waals surface area contributed by atoms with Crippen LogP contribution >= 0.6 is 12.2 Å². The van der Waals surface area contributed by atoms with Crippen LogP contribution in [0, 0.1) is 5.92 Å². The highest BCUT2D eigenvalue weighted by molar-refractivity contribution is 7.80. The van der Waals surface area contributed by atoms with Crippen LogP contribution in [0.4, 0.5) is 5.69 Å². The molecule has 0 aliphatic carbocycles. The number of benzene rings is 1. The topological polar surface area (TPSA) is 47.0 Å². The molecule has 1 aliphatic heterocycles. The Labute approximate surface area is 144 Å². The second kappa shape index (κ2) is 9.05. The van der Waals surface area contributed by atoms with E-state index >= 15 is 0 Å². The van der Waals surface area contributed by atoms with E-state index in [1.54, 1.807) is 12.0 Å². The fraction of sp³-hybridized carbons (Fsp3) is 0.588. The van der Waals surface area contributed by atoms with Gasteiger partial charge in [0.05, 0.1) is 20.3 Å². The Hall–Kier alpha value is -1.37. The summed E-state index contributed by atoms with van der Waals surface area (Å²) in [5.41, 5.74) is 0.944. The minimum Gasteiger partial charge on any atom is -0.497 e. The van der Waals surface area contributed by atoms with Crippen molar-refractivity contribution in [2.75, 3.05) is 45.2 Å². The van der Waals surface area contributed by atoms with E-state index in [1.165, 1.54) is 6.54 Å². The molecule has 128 valence electrons. The molecule has 2 atom stereocenters. The monoisotopic (exact) mass is 338 g/mol. The van der Waals surface area contributed by atoms with Gasteiger partial charge >= 0.3 is 0 Å². The fourth-order valence-corrected chi connectivity index (χ4v) is 3.00. The lowest BCUT2D eigenvalue weighted by Crippen LogP contribution is -3.15. The van der Waals surface area contributed by atoms with Crippen molar-refractivity contribution in [3.8, 4) is 5.75 Å². The summed E-state index contributed by atoms with van der Waals surface area (Å²) >= 11 is 5.35. The van der Waals surface area contributed by atoms with E-state index in [4.69, 9.17) is 21.7 Å². The first-order valence-corrected chi connectivity index (χ1v) is 8.61. The van der Waals surface area contributed by atoms with Gasteiger partial charge in [-0.2, -0.15) is 0 Å². The molecular weight excluding hydrogens is 310 g/mol. The van der Waals surface area contributed by atoms with Crippen LogP contribution in [0.5, 0.6) is 5.75 Å². The SMILES string of the molecule is COc1ccc(NC(=S)NC[C@@H]2C[NH+](CC(C)C)CCO2)cc1. The molecule has 0 aromatic heterocycles. The van der Waals surface area contributed by atoms with Crippen LogP contribution in [0.2, 0.25) is 0 Å². The number of anilines is 1. The van der Waals surface area contributed by atoms with Crippen molar-refractivity contribution in [1.82, 2.24) is 5.32 Å². The van der Waals surface area contributed by atoms with E-state index in [1.807, 2.05) is 24.3 Å². The van der Waals surface area contributed by atoms with Crippen LogP contribution in [0.25, 0.3) is 0 Å². The third kappa shape index (κ3) is 6.33. The lowest BCUT2D eigenvalue weighted by atomic mass is 10.2. The third-order valence-electron chi connectivity index (χ3n) is 3.86. The van der Waals surface area contributed by atoms with Crippen LogP contribution < -0.4 is 20.3 Å². The maximum atomic E-state index is 5.83. The molecule has 0 spiro atoms. The van der Waals surface area contributed by atoms with Gasteiger partial charge in [-0.25, -0.2) is 0 Å². The average Bonchev–Trinajstić information content (AvgIpc) is 2.53. The van der Waals surface area contributed by atoms with Crippen molar-refractivity contribution in [2.45, 2.75) is 20.0 Å². The molecule has 1 heterocycles. The molecular formula is C17H28N3O2S+. The number of quaternary nitrogens is 1. The summed E-state index contributed by atoms with van der Waals surface area (Å²) in [6.45, 7) is 9.44. The van der Waals surface area contributed by atoms with E-state index in [0.29, 0.717) is 5.11 Å². The van der Waals surface area contributed by atoms with Gasteiger partial charge < -0.3 is 25.0 Å². The molecule has 2 rings (SSSR count). The number of hydrogen-bond acceptors (Lipinski definition) is 3. The second-order valence-electron chi connectivity index (χ2n) is 6.36. The van der Waals surface area contributed by atoms with Crippen molar-refractivity contribution in [1.29, 1.82) is 0 Å². The Kier molecular flexibility index (Phi) is 7.08. The van der Waals surface area contributed by atoms with Crippen molar-refractivity contribution in [3.63, 3.8) is 0 Å². The maximum absolute atomic E-state index is 5.83. The van der Waals surface area contributed by atoms with E-state index in [9.17, 15) is 0 Å². The molecule has 6 heteroatoms. The Bertz CT molecular complexity index is 493. The molecule has 5 nitrogen and oxygen atoms in total. The molecule has 0 amide bonds. The third-order valence-corrected chi connectivity index (χ3v) is 4.11. The number of ether oxygens (including phenoxy) is 2. The van der Waals surface area contributed by atoms with Gasteiger partial charge in [0, 0.05) is 18.2 Å². The molecule has 3 N–H and O–H groups in total. The zero-order valence-electron chi connectivity index (χ0n) is 14.2. The summed E-state index contributed by atoms with van der Waals surface area (Å²) in [4.78, 5) is 1.62. The molecule has 23 heavy (non-hydrogen) atoms. The number of morpholine rings is 1. The Morgan fingerprint density at radius 1 is 1.39 bits per heavy atom. The summed E-state index contributed by atoms with van der Waals surface area (Å²) in [6.07, 6.45) is 0.216. The van der Waals surface area contributed by atoms with Gasteiger partial charge in [0.1, 0.15) is 24.9 Å². The molecule has 1 aromatic rings. The molecule has 1 aromatic carbocycles. The van der Waals surface area contributed by atoms with Crippen molar-refractivity contribution in [2.24, 2.45) is 5.92 Å². The normalized spacial score (nSPS) is 21.0. The van der Waals surface area contributed by atoms with Gasteiger partial charge in [0.15, 0.2) is 5.11 Å². The first kappa shape index (κ1) is 18.0. The van der Waals surface area contributed by atoms with Crippen LogP contribution in [-0.4, -0.2) is 51.1 Å². The molecule has 1 fully saturated rings. The molecule has 1 aliphatic rings. The quantitative estimate of drug-likeness (QED) is 0.674. The maximum Gasteiger partial charge on any atom is 0.170 e. The average molecular weight is 338 g/mol. The highest BCUT2D eigenvalue weighted by atomic mass is 32.1. The van der Waals surface area contributed by atoms with E-state index in [0.717, 1.165) is 43.6 Å². The smallest absolute Gasteiger partial charge is 0.170 e. The number of rotatable bonds is 6. The van der Waals surface area contributed by atoms with Crippen LogP contribution in [0.1, 0.15) is 13.8 Å². The zero-order valence-corrected chi connectivity index (χ0v) is 15.0. The first-order valence-electron chi connectivity index (χ1n) is 8.21. The van der Waals surface area contributed by atoms with Crippen LogP contribution in [0.3, 0.4) is 0 Å². The molecule has 1 saturated heterocycles. The Balaban J connectivity index is 1.72. The molecule has 1 unspecified atom stereocenters. The Morgan fingerprint density at radius 3 is 2.78 bits per heavy atom. The molecule has 0 saturated carbocycles. The zero-order chi connectivity index (χ0) is 16.7. The number of hydrogen-bond donors (Lipinski definition) is 3. The first-order chi connectivity index (χ1) is 11.1. The van der Waals surface area contributed by atoms with Crippen molar-refractivity contribution in [3.05, 3.63) is 24.3 Å². The highest BCUT2D eigenvalue weighted by Gasteiger charge is 2.24. The summed E-state index contributed by atoms with van der Waals surface area (Å²) in [5.74, 6) is 1.55. The van der Waals surface area contributed by atoms with Crippen LogP contribution in [0.15, 0.2) is 24.3 Å². The number of thiocarbonyl (C=S) groups is 1. The Morgan fingerprint density at radius 2 is 2.13 bits per heavy atom. The summed E-state index contributed by atoms with van der Waals surface area (Å²) in [6, 6.07) is 7.70. The lowest BCUT2D eigenvalue weighted by molar-refractivity contribution is -0.914.